The number of nitrogens with zero attached hydrogens (tertiary/aromatic N) is 3. The van der Waals surface area contributed by atoms with E-state index in [0.29, 0.717) is 23.3 Å². The fraction of sp³-hybridized carbons (Fsp3) is 0.316. The minimum Gasteiger partial charge on any atom is -0.368 e. The van der Waals surface area contributed by atoms with Gasteiger partial charge < -0.3 is 5.73 Å². The molecule has 0 radical (unpaired) electrons. The summed E-state index contributed by atoms with van der Waals surface area (Å²) in [4.78, 5) is 32.8. The van der Waals surface area contributed by atoms with Crippen LogP contribution in [0, 0.1) is 0 Å². The minimum atomic E-state index is -0.544. The molecular weight excluding hydrogens is 348 g/mol. The lowest BCUT2D eigenvalue weighted by molar-refractivity contribution is -0.118. The van der Waals surface area contributed by atoms with Crippen LogP contribution in [0.25, 0.3) is 10.9 Å². The van der Waals surface area contributed by atoms with E-state index in [1.54, 1.807) is 23.5 Å². The number of rotatable bonds is 4. The Morgan fingerprint density at radius 3 is 2.96 bits per heavy atom. The van der Waals surface area contributed by atoms with Crippen LogP contribution in [0.5, 0.6) is 0 Å². The highest BCUT2D eigenvalue weighted by Crippen LogP contribution is 2.33. The van der Waals surface area contributed by atoms with Crippen molar-refractivity contribution in [3.05, 3.63) is 62.3 Å². The van der Waals surface area contributed by atoms with Crippen molar-refractivity contribution in [2.75, 3.05) is 6.54 Å². The second kappa shape index (κ2) is 6.66. The quantitative estimate of drug-likeness (QED) is 0.764. The molecule has 1 aliphatic rings. The van der Waals surface area contributed by atoms with Gasteiger partial charge in [-0.1, -0.05) is 12.1 Å². The zero-order chi connectivity index (χ0) is 18.3. The molecule has 1 atom stereocenters. The summed E-state index contributed by atoms with van der Waals surface area (Å²) in [5.41, 5.74) is 7.15. The molecule has 0 bridgehead atoms. The Morgan fingerprint density at radius 2 is 2.15 bits per heavy atom. The number of carbonyl (C=O) groups excluding carboxylic acids is 1. The predicted molar refractivity (Wildman–Crippen MR) is 102 cm³/mol. The number of benzene rings is 1. The third-order valence-electron chi connectivity index (χ3n) is 5.00. The zero-order valence-corrected chi connectivity index (χ0v) is 15.3. The lowest BCUT2D eigenvalue weighted by atomic mass is 10.0. The third kappa shape index (κ3) is 2.93. The van der Waals surface area contributed by atoms with Crippen molar-refractivity contribution in [2.45, 2.75) is 32.5 Å². The van der Waals surface area contributed by atoms with Gasteiger partial charge >= 0.3 is 0 Å². The van der Waals surface area contributed by atoms with Crippen molar-refractivity contribution in [3.63, 3.8) is 0 Å². The maximum absolute atomic E-state index is 12.9. The maximum Gasteiger partial charge on any atom is 0.261 e. The number of thiophene rings is 1. The van der Waals surface area contributed by atoms with Crippen molar-refractivity contribution >= 4 is 28.1 Å². The molecule has 1 amide bonds. The van der Waals surface area contributed by atoms with Gasteiger partial charge in [0.05, 0.1) is 17.4 Å². The largest absolute Gasteiger partial charge is 0.368 e. The SMILES string of the molecule is C[C@@H]1c2ccsc2CCN1Cc1nc2ccccc2c(=O)n1CC(N)=O. The molecule has 1 aliphatic heterocycles. The molecule has 1 aromatic carbocycles. The van der Waals surface area contributed by atoms with Gasteiger partial charge in [-0.05, 0) is 42.5 Å². The summed E-state index contributed by atoms with van der Waals surface area (Å²) in [5.74, 6) is 0.0373. The summed E-state index contributed by atoms with van der Waals surface area (Å²) in [6.45, 7) is 3.41. The van der Waals surface area contributed by atoms with Gasteiger partial charge in [0.1, 0.15) is 12.4 Å². The minimum absolute atomic E-state index is 0.155. The monoisotopic (exact) mass is 368 g/mol. The standard InChI is InChI=1S/C19H20N4O2S/c1-12-13-7-9-26-16(13)6-8-22(12)11-18-21-15-5-3-2-4-14(15)19(25)23(18)10-17(20)24/h2-5,7,9,12H,6,8,10-11H2,1H3,(H2,20,24)/t12-/m1/s1. The first-order valence-electron chi connectivity index (χ1n) is 8.61. The van der Waals surface area contributed by atoms with Gasteiger partial charge in [-0.25, -0.2) is 4.98 Å². The van der Waals surface area contributed by atoms with Crippen LogP contribution in [0.4, 0.5) is 0 Å². The van der Waals surface area contributed by atoms with Crippen LogP contribution in [-0.4, -0.2) is 26.9 Å². The highest BCUT2D eigenvalue weighted by atomic mass is 32.1. The predicted octanol–water partition coefficient (Wildman–Crippen LogP) is 2.06. The number of nitrogens with two attached hydrogens (primary N) is 1. The average molecular weight is 368 g/mol. The van der Waals surface area contributed by atoms with Crippen molar-refractivity contribution in [1.29, 1.82) is 0 Å². The first-order chi connectivity index (χ1) is 12.5. The Bertz CT molecular complexity index is 1040. The Morgan fingerprint density at radius 1 is 1.35 bits per heavy atom. The Labute approximate surface area is 154 Å². The van der Waals surface area contributed by atoms with Gasteiger partial charge in [-0.3, -0.25) is 19.1 Å². The molecule has 2 aromatic heterocycles. The second-order valence-corrected chi connectivity index (χ2v) is 7.60. The number of hydrogen-bond donors (Lipinski definition) is 1. The van der Waals surface area contributed by atoms with Crippen LogP contribution >= 0.6 is 11.3 Å². The molecule has 26 heavy (non-hydrogen) atoms. The summed E-state index contributed by atoms with van der Waals surface area (Å²) in [5, 5.41) is 2.63. The highest BCUT2D eigenvalue weighted by Gasteiger charge is 2.26. The molecule has 134 valence electrons. The van der Waals surface area contributed by atoms with Gasteiger partial charge in [0.15, 0.2) is 0 Å². The summed E-state index contributed by atoms with van der Waals surface area (Å²) >= 11 is 1.79. The maximum atomic E-state index is 12.9. The van der Waals surface area contributed by atoms with Gasteiger partial charge in [-0.2, -0.15) is 0 Å². The van der Waals surface area contributed by atoms with Crippen LogP contribution in [0.15, 0.2) is 40.5 Å². The van der Waals surface area contributed by atoms with Gasteiger partial charge in [0.25, 0.3) is 5.56 Å². The molecule has 2 N–H and O–H groups in total. The fourth-order valence-electron chi connectivity index (χ4n) is 3.61. The first-order valence-corrected chi connectivity index (χ1v) is 9.49. The van der Waals surface area contributed by atoms with Crippen LogP contribution < -0.4 is 11.3 Å². The topological polar surface area (TPSA) is 81.2 Å². The van der Waals surface area contributed by atoms with Gasteiger partial charge in [0.2, 0.25) is 5.91 Å². The molecule has 4 rings (SSSR count). The molecule has 0 saturated heterocycles. The van der Waals surface area contributed by atoms with E-state index >= 15 is 0 Å². The first kappa shape index (κ1) is 16.9. The van der Waals surface area contributed by atoms with Crippen molar-refractivity contribution in [1.82, 2.24) is 14.5 Å². The summed E-state index contributed by atoms with van der Waals surface area (Å²) < 4.78 is 1.42. The van der Waals surface area contributed by atoms with E-state index in [-0.39, 0.29) is 18.1 Å². The summed E-state index contributed by atoms with van der Waals surface area (Å²) in [6, 6.07) is 9.62. The Balaban J connectivity index is 1.76. The van der Waals surface area contributed by atoms with E-state index in [0.717, 1.165) is 13.0 Å². The normalized spacial score (nSPS) is 17.3. The molecule has 6 nitrogen and oxygen atoms in total. The molecule has 0 saturated carbocycles. The van der Waals surface area contributed by atoms with E-state index in [4.69, 9.17) is 5.73 Å². The van der Waals surface area contributed by atoms with E-state index < -0.39 is 5.91 Å². The van der Waals surface area contributed by atoms with E-state index in [1.807, 2.05) is 12.1 Å². The smallest absolute Gasteiger partial charge is 0.261 e. The number of amides is 1. The van der Waals surface area contributed by atoms with Gasteiger partial charge in [0, 0.05) is 17.5 Å². The molecule has 3 heterocycles. The van der Waals surface area contributed by atoms with Crippen molar-refractivity contribution < 1.29 is 4.79 Å². The van der Waals surface area contributed by atoms with Gasteiger partial charge in [-0.15, -0.1) is 11.3 Å². The summed E-state index contributed by atoms with van der Waals surface area (Å²) in [7, 11) is 0. The molecule has 7 heteroatoms. The van der Waals surface area contributed by atoms with E-state index in [9.17, 15) is 9.59 Å². The summed E-state index contributed by atoms with van der Waals surface area (Å²) in [6.07, 6.45) is 0.991. The lowest BCUT2D eigenvalue weighted by Crippen LogP contribution is -2.37. The molecule has 0 spiro atoms. The number of fused-ring (bicyclic) bond motifs is 2. The van der Waals surface area contributed by atoms with Crippen molar-refractivity contribution in [3.8, 4) is 0 Å². The van der Waals surface area contributed by atoms with E-state index in [2.05, 4.69) is 28.3 Å². The van der Waals surface area contributed by atoms with Crippen LogP contribution in [0.1, 0.15) is 29.2 Å². The second-order valence-electron chi connectivity index (χ2n) is 6.60. The van der Waals surface area contributed by atoms with Crippen LogP contribution in [-0.2, 0) is 24.3 Å². The number of carbonyl (C=O) groups is 1. The average Bonchev–Trinajstić information content (AvgIpc) is 3.10. The number of aromatic nitrogens is 2. The fourth-order valence-corrected chi connectivity index (χ4v) is 4.58. The lowest BCUT2D eigenvalue weighted by Gasteiger charge is -2.33. The molecule has 0 aliphatic carbocycles. The van der Waals surface area contributed by atoms with E-state index in [1.165, 1.54) is 15.0 Å². The van der Waals surface area contributed by atoms with Crippen LogP contribution in [0.2, 0.25) is 0 Å². The number of hydrogen-bond acceptors (Lipinski definition) is 5. The highest BCUT2D eigenvalue weighted by molar-refractivity contribution is 7.10. The molecular formula is C19H20N4O2S. The zero-order valence-electron chi connectivity index (χ0n) is 14.5. The number of primary amides is 1. The molecule has 0 unspecified atom stereocenters. The van der Waals surface area contributed by atoms with Crippen molar-refractivity contribution in [2.24, 2.45) is 5.73 Å². The molecule has 3 aromatic rings. The third-order valence-corrected chi connectivity index (χ3v) is 6.00. The Kier molecular flexibility index (Phi) is 4.34. The number of para-hydroxylation sites is 1. The Hall–Kier alpha value is -2.51. The molecule has 0 fully saturated rings. The van der Waals surface area contributed by atoms with Crippen LogP contribution in [0.3, 0.4) is 0 Å².